The molecule has 1 aromatic carbocycles. The second kappa shape index (κ2) is 5.66. The molecular weight excluding hydrogens is 174 g/mol. The van der Waals surface area contributed by atoms with Gasteiger partial charge in [-0.1, -0.05) is 38.5 Å². The molecule has 0 aliphatic carbocycles. The maximum atomic E-state index is 9.23. The molecule has 0 radical (unpaired) electrons. The van der Waals surface area contributed by atoms with Gasteiger partial charge in [-0.15, -0.1) is 0 Å². The topological polar surface area (TPSA) is 32.3 Å². The fourth-order valence-corrected chi connectivity index (χ4v) is 1.40. The number of para-hydroxylation sites is 1. The molecule has 1 aromatic rings. The molecule has 0 fully saturated rings. The number of nitrogens with one attached hydrogen (secondary N) is 1. The van der Waals surface area contributed by atoms with E-state index in [0.717, 1.165) is 12.1 Å². The fourth-order valence-electron chi connectivity index (χ4n) is 1.40. The number of hydrogen-bond acceptors (Lipinski definition) is 2. The molecule has 2 unspecified atom stereocenters. The van der Waals surface area contributed by atoms with Gasteiger partial charge in [-0.05, 0) is 18.1 Å². The average molecular weight is 193 g/mol. The van der Waals surface area contributed by atoms with Crippen molar-refractivity contribution in [1.82, 2.24) is 0 Å². The first-order valence-electron chi connectivity index (χ1n) is 5.20. The van der Waals surface area contributed by atoms with Crippen LogP contribution in [0.2, 0.25) is 0 Å². The van der Waals surface area contributed by atoms with Crippen LogP contribution < -0.4 is 5.32 Å². The highest BCUT2D eigenvalue weighted by Crippen LogP contribution is 2.14. The second-order valence-electron chi connectivity index (χ2n) is 3.68. The molecule has 0 bridgehead atoms. The first-order valence-corrected chi connectivity index (χ1v) is 5.20. The Kier molecular flexibility index (Phi) is 4.47. The van der Waals surface area contributed by atoms with Crippen LogP contribution in [0.5, 0.6) is 0 Å². The Balaban J connectivity index is 2.57. The molecule has 0 amide bonds. The van der Waals surface area contributed by atoms with Gasteiger partial charge in [-0.2, -0.15) is 0 Å². The number of aliphatic hydroxyl groups is 1. The lowest BCUT2D eigenvalue weighted by atomic mass is 10.00. The van der Waals surface area contributed by atoms with Crippen molar-refractivity contribution in [3.63, 3.8) is 0 Å². The third-order valence-electron chi connectivity index (χ3n) is 2.65. The van der Waals surface area contributed by atoms with E-state index < -0.39 is 0 Å². The molecule has 0 saturated carbocycles. The molecular formula is C12H19NO. The molecule has 14 heavy (non-hydrogen) atoms. The summed E-state index contributed by atoms with van der Waals surface area (Å²) in [5, 5.41) is 12.6. The molecule has 2 nitrogen and oxygen atoms in total. The number of hydrogen-bond donors (Lipinski definition) is 2. The quantitative estimate of drug-likeness (QED) is 0.753. The van der Waals surface area contributed by atoms with Gasteiger partial charge in [-0.25, -0.2) is 0 Å². The van der Waals surface area contributed by atoms with Gasteiger partial charge in [0.2, 0.25) is 0 Å². The smallest absolute Gasteiger partial charge is 0.0635 e. The SMILES string of the molecule is CCC(C)C(CO)Nc1ccccc1. The minimum absolute atomic E-state index is 0.155. The van der Waals surface area contributed by atoms with E-state index in [1.54, 1.807) is 0 Å². The van der Waals surface area contributed by atoms with Crippen molar-refractivity contribution in [2.75, 3.05) is 11.9 Å². The third-order valence-corrected chi connectivity index (χ3v) is 2.65. The van der Waals surface area contributed by atoms with E-state index in [-0.39, 0.29) is 12.6 Å². The number of aliphatic hydroxyl groups excluding tert-OH is 1. The molecule has 0 spiro atoms. The summed E-state index contributed by atoms with van der Waals surface area (Å²) in [4.78, 5) is 0. The Hall–Kier alpha value is -1.02. The predicted octanol–water partition coefficient (Wildman–Crippen LogP) is 2.51. The van der Waals surface area contributed by atoms with E-state index in [4.69, 9.17) is 0 Å². The summed E-state index contributed by atoms with van der Waals surface area (Å²) in [7, 11) is 0. The van der Waals surface area contributed by atoms with Crippen molar-refractivity contribution >= 4 is 5.69 Å². The Morgan fingerprint density at radius 1 is 1.29 bits per heavy atom. The third kappa shape index (κ3) is 3.04. The molecule has 2 heteroatoms. The largest absolute Gasteiger partial charge is 0.394 e. The molecule has 78 valence electrons. The van der Waals surface area contributed by atoms with Gasteiger partial charge in [-0.3, -0.25) is 0 Å². The van der Waals surface area contributed by atoms with Crippen LogP contribution in [0.1, 0.15) is 20.3 Å². The van der Waals surface area contributed by atoms with Crippen LogP contribution in [0.4, 0.5) is 5.69 Å². The number of anilines is 1. The van der Waals surface area contributed by atoms with Crippen LogP contribution in [-0.4, -0.2) is 17.8 Å². The van der Waals surface area contributed by atoms with Gasteiger partial charge in [0.1, 0.15) is 0 Å². The van der Waals surface area contributed by atoms with Gasteiger partial charge in [0.15, 0.2) is 0 Å². The maximum Gasteiger partial charge on any atom is 0.0635 e. The van der Waals surface area contributed by atoms with Crippen LogP contribution in [-0.2, 0) is 0 Å². The van der Waals surface area contributed by atoms with E-state index in [0.29, 0.717) is 5.92 Å². The zero-order chi connectivity index (χ0) is 10.4. The Morgan fingerprint density at radius 2 is 1.93 bits per heavy atom. The number of benzene rings is 1. The maximum absolute atomic E-state index is 9.23. The summed E-state index contributed by atoms with van der Waals surface area (Å²) in [5.74, 6) is 0.486. The lowest BCUT2D eigenvalue weighted by molar-refractivity contribution is 0.241. The summed E-state index contributed by atoms with van der Waals surface area (Å²) in [6, 6.07) is 10.2. The minimum Gasteiger partial charge on any atom is -0.394 e. The zero-order valence-corrected chi connectivity index (χ0v) is 8.90. The molecule has 0 saturated heterocycles. The van der Waals surface area contributed by atoms with Gasteiger partial charge >= 0.3 is 0 Å². The first-order chi connectivity index (χ1) is 6.77. The standard InChI is InChI=1S/C12H19NO/c1-3-10(2)12(9-14)13-11-7-5-4-6-8-11/h4-8,10,12-14H,3,9H2,1-2H3. The van der Waals surface area contributed by atoms with Crippen molar-refractivity contribution in [1.29, 1.82) is 0 Å². The Morgan fingerprint density at radius 3 is 2.43 bits per heavy atom. The summed E-state index contributed by atoms with van der Waals surface area (Å²) in [6.45, 7) is 4.47. The highest BCUT2D eigenvalue weighted by Gasteiger charge is 2.13. The van der Waals surface area contributed by atoms with Crippen LogP contribution in [0.3, 0.4) is 0 Å². The molecule has 0 aliphatic rings. The van der Waals surface area contributed by atoms with Crippen molar-refractivity contribution in [3.8, 4) is 0 Å². The van der Waals surface area contributed by atoms with E-state index >= 15 is 0 Å². The van der Waals surface area contributed by atoms with Gasteiger partial charge in [0.05, 0.1) is 12.6 Å². The van der Waals surface area contributed by atoms with Crippen molar-refractivity contribution < 1.29 is 5.11 Å². The molecule has 0 aromatic heterocycles. The van der Waals surface area contributed by atoms with Gasteiger partial charge in [0.25, 0.3) is 0 Å². The minimum atomic E-state index is 0.155. The monoisotopic (exact) mass is 193 g/mol. The summed E-state index contributed by atoms with van der Waals surface area (Å²) in [6.07, 6.45) is 1.07. The molecule has 2 atom stereocenters. The average Bonchev–Trinajstić information content (AvgIpc) is 2.26. The summed E-state index contributed by atoms with van der Waals surface area (Å²) < 4.78 is 0. The lowest BCUT2D eigenvalue weighted by Gasteiger charge is -2.23. The van der Waals surface area contributed by atoms with E-state index in [1.807, 2.05) is 30.3 Å². The Labute approximate surface area is 86.0 Å². The zero-order valence-electron chi connectivity index (χ0n) is 8.90. The molecule has 1 rings (SSSR count). The van der Waals surface area contributed by atoms with E-state index in [9.17, 15) is 5.11 Å². The normalized spacial score (nSPS) is 14.8. The highest BCUT2D eigenvalue weighted by atomic mass is 16.3. The van der Waals surface area contributed by atoms with Crippen LogP contribution in [0, 0.1) is 5.92 Å². The molecule has 2 N–H and O–H groups in total. The van der Waals surface area contributed by atoms with Crippen molar-refractivity contribution in [2.45, 2.75) is 26.3 Å². The first kappa shape index (κ1) is 11.1. The highest BCUT2D eigenvalue weighted by molar-refractivity contribution is 5.43. The van der Waals surface area contributed by atoms with E-state index in [1.165, 1.54) is 0 Å². The Bertz CT molecular complexity index is 248. The van der Waals surface area contributed by atoms with Crippen LogP contribution in [0.25, 0.3) is 0 Å². The number of rotatable bonds is 5. The fraction of sp³-hybridized carbons (Fsp3) is 0.500. The van der Waals surface area contributed by atoms with E-state index in [2.05, 4.69) is 19.2 Å². The summed E-state index contributed by atoms with van der Waals surface area (Å²) >= 11 is 0. The van der Waals surface area contributed by atoms with Crippen molar-refractivity contribution in [2.24, 2.45) is 5.92 Å². The predicted molar refractivity (Wildman–Crippen MR) is 60.4 cm³/mol. The van der Waals surface area contributed by atoms with Crippen molar-refractivity contribution in [3.05, 3.63) is 30.3 Å². The van der Waals surface area contributed by atoms with Crippen LogP contribution in [0.15, 0.2) is 30.3 Å². The lowest BCUT2D eigenvalue weighted by Crippen LogP contribution is -2.30. The summed E-state index contributed by atoms with van der Waals surface area (Å²) in [5.41, 5.74) is 1.08. The van der Waals surface area contributed by atoms with Gasteiger partial charge < -0.3 is 10.4 Å². The van der Waals surface area contributed by atoms with Gasteiger partial charge in [0, 0.05) is 5.69 Å². The second-order valence-corrected chi connectivity index (χ2v) is 3.68. The van der Waals surface area contributed by atoms with Crippen LogP contribution >= 0.6 is 0 Å². The molecule has 0 aliphatic heterocycles. The molecule has 0 heterocycles.